The van der Waals surface area contributed by atoms with Crippen molar-refractivity contribution in [2.75, 3.05) is 0 Å². The molecule has 35 heavy (non-hydrogen) atoms. The van der Waals surface area contributed by atoms with Crippen LogP contribution in [-0.2, 0) is 6.61 Å². The summed E-state index contributed by atoms with van der Waals surface area (Å²) >= 11 is 3.37. The van der Waals surface area contributed by atoms with E-state index in [0.29, 0.717) is 22.3 Å². The number of benzene rings is 3. The molecule has 0 N–H and O–H groups in total. The molecule has 178 valence electrons. The van der Waals surface area contributed by atoms with E-state index < -0.39 is 10.7 Å². The zero-order valence-corrected chi connectivity index (χ0v) is 20.4. The summed E-state index contributed by atoms with van der Waals surface area (Å²) in [5, 5.41) is 16.0. The molecule has 0 aliphatic carbocycles. The van der Waals surface area contributed by atoms with E-state index in [-0.39, 0.29) is 35.1 Å². The number of aromatic nitrogens is 2. The maximum atomic E-state index is 14.0. The second-order valence-corrected chi connectivity index (χ2v) is 8.92. The molecule has 10 heteroatoms. The molecule has 3 aromatic carbocycles. The van der Waals surface area contributed by atoms with Gasteiger partial charge in [-0.2, -0.15) is 9.78 Å². The van der Waals surface area contributed by atoms with Crippen LogP contribution >= 0.6 is 15.9 Å². The minimum atomic E-state index is -0.543. The van der Waals surface area contributed by atoms with Gasteiger partial charge in [-0.3, -0.25) is 14.9 Å². The van der Waals surface area contributed by atoms with Gasteiger partial charge in [-0.25, -0.2) is 9.37 Å². The molecule has 0 unspecified atom stereocenters. The van der Waals surface area contributed by atoms with Crippen LogP contribution in [0, 0.1) is 15.9 Å². The van der Waals surface area contributed by atoms with Gasteiger partial charge in [-0.05, 0) is 30.3 Å². The fourth-order valence-electron chi connectivity index (χ4n) is 3.42. The maximum absolute atomic E-state index is 14.0. The van der Waals surface area contributed by atoms with Gasteiger partial charge in [0.25, 0.3) is 11.2 Å². The Morgan fingerprint density at radius 2 is 1.97 bits per heavy atom. The van der Waals surface area contributed by atoms with Crippen LogP contribution in [0.5, 0.6) is 5.75 Å². The van der Waals surface area contributed by atoms with E-state index >= 15 is 0 Å². The van der Waals surface area contributed by atoms with Gasteiger partial charge in [0.1, 0.15) is 24.0 Å². The number of non-ortho nitro benzene ring substituents is 1. The highest BCUT2D eigenvalue weighted by Gasteiger charge is 2.15. The van der Waals surface area contributed by atoms with Crippen molar-refractivity contribution in [1.29, 1.82) is 0 Å². The molecular weight excluding hydrogens is 519 g/mol. The predicted octanol–water partition coefficient (Wildman–Crippen LogP) is 5.79. The molecule has 0 aliphatic rings. The van der Waals surface area contributed by atoms with Crippen LogP contribution in [0.1, 0.15) is 36.7 Å². The van der Waals surface area contributed by atoms with E-state index in [0.717, 1.165) is 4.47 Å². The van der Waals surface area contributed by atoms with Crippen LogP contribution in [0.3, 0.4) is 0 Å². The molecule has 4 aromatic rings. The van der Waals surface area contributed by atoms with Crippen LogP contribution in [0.25, 0.3) is 10.9 Å². The normalized spacial score (nSPS) is 11.5. The summed E-state index contributed by atoms with van der Waals surface area (Å²) in [6.45, 7) is 3.68. The van der Waals surface area contributed by atoms with Crippen LogP contribution in [0.2, 0.25) is 0 Å². The fraction of sp³-hybridized carbons (Fsp3) is 0.160. The molecule has 4 rings (SSSR count). The molecule has 0 saturated heterocycles. The topological polar surface area (TPSA) is 99.6 Å². The van der Waals surface area contributed by atoms with E-state index in [4.69, 9.17) is 4.74 Å². The van der Waals surface area contributed by atoms with Gasteiger partial charge in [0.15, 0.2) is 0 Å². The molecule has 0 radical (unpaired) electrons. The van der Waals surface area contributed by atoms with E-state index in [2.05, 4.69) is 26.0 Å². The monoisotopic (exact) mass is 538 g/mol. The van der Waals surface area contributed by atoms with E-state index in [1.54, 1.807) is 36.4 Å². The highest BCUT2D eigenvalue weighted by Crippen LogP contribution is 2.25. The highest BCUT2D eigenvalue weighted by molar-refractivity contribution is 9.10. The first kappa shape index (κ1) is 24.2. The summed E-state index contributed by atoms with van der Waals surface area (Å²) in [6, 6.07) is 15.4. The second-order valence-electron chi connectivity index (χ2n) is 8.01. The van der Waals surface area contributed by atoms with Crippen LogP contribution in [0.4, 0.5) is 10.1 Å². The smallest absolute Gasteiger partial charge is 0.282 e. The quantitative estimate of drug-likeness (QED) is 0.168. The van der Waals surface area contributed by atoms with Crippen LogP contribution < -0.4 is 10.3 Å². The summed E-state index contributed by atoms with van der Waals surface area (Å²) in [7, 11) is 0. The predicted molar refractivity (Wildman–Crippen MR) is 135 cm³/mol. The minimum Gasteiger partial charge on any atom is -0.488 e. The van der Waals surface area contributed by atoms with E-state index in [9.17, 15) is 19.3 Å². The van der Waals surface area contributed by atoms with E-state index in [1.165, 1.54) is 35.2 Å². The van der Waals surface area contributed by atoms with Gasteiger partial charge in [-0.15, -0.1) is 0 Å². The lowest BCUT2D eigenvalue weighted by Gasteiger charge is -2.13. The number of hydrogen-bond donors (Lipinski definition) is 0. The molecule has 1 heterocycles. The van der Waals surface area contributed by atoms with Gasteiger partial charge in [0, 0.05) is 33.7 Å². The summed E-state index contributed by atoms with van der Waals surface area (Å²) in [5.74, 6) is 0.125. The number of nitro groups is 1. The Kier molecular flexibility index (Phi) is 7.02. The van der Waals surface area contributed by atoms with Crippen molar-refractivity contribution in [1.82, 2.24) is 9.66 Å². The summed E-state index contributed by atoms with van der Waals surface area (Å²) in [4.78, 5) is 28.6. The number of halogens is 2. The van der Waals surface area contributed by atoms with Crippen LogP contribution in [-0.4, -0.2) is 20.8 Å². The summed E-state index contributed by atoms with van der Waals surface area (Å²) in [6.07, 6.45) is 1.31. The molecule has 0 spiro atoms. The Morgan fingerprint density at radius 3 is 2.69 bits per heavy atom. The minimum absolute atomic E-state index is 0.0892. The van der Waals surface area contributed by atoms with Gasteiger partial charge in [-0.1, -0.05) is 48.0 Å². The highest BCUT2D eigenvalue weighted by atomic mass is 79.9. The lowest BCUT2D eigenvalue weighted by molar-refractivity contribution is -0.384. The molecule has 0 fully saturated rings. The Balaban J connectivity index is 1.78. The molecule has 0 saturated carbocycles. The second kappa shape index (κ2) is 10.1. The average molecular weight is 539 g/mol. The first-order valence-corrected chi connectivity index (χ1v) is 11.4. The molecule has 1 aromatic heterocycles. The number of ether oxygens (including phenoxy) is 1. The first-order valence-electron chi connectivity index (χ1n) is 10.7. The lowest BCUT2D eigenvalue weighted by Crippen LogP contribution is -2.23. The lowest BCUT2D eigenvalue weighted by atomic mass is 10.1. The molecule has 0 bridgehead atoms. The van der Waals surface area contributed by atoms with E-state index in [1.807, 2.05) is 13.8 Å². The zero-order chi connectivity index (χ0) is 25.1. The Bertz CT molecular complexity index is 1520. The molecule has 8 nitrogen and oxygen atoms in total. The van der Waals surface area contributed by atoms with Crippen LogP contribution in [0.15, 0.2) is 75.0 Å². The third-order valence-corrected chi connectivity index (χ3v) is 5.70. The van der Waals surface area contributed by atoms with Gasteiger partial charge >= 0.3 is 0 Å². The number of rotatable bonds is 7. The largest absolute Gasteiger partial charge is 0.488 e. The van der Waals surface area contributed by atoms with Crippen molar-refractivity contribution in [2.24, 2.45) is 5.10 Å². The third kappa shape index (κ3) is 5.27. The molecular formula is C25H20BrFN4O4. The number of fused-ring (bicyclic) bond motifs is 1. The average Bonchev–Trinajstić information content (AvgIpc) is 2.83. The van der Waals surface area contributed by atoms with Crippen molar-refractivity contribution < 1.29 is 14.1 Å². The molecule has 0 amide bonds. The molecule has 0 aliphatic heterocycles. The number of nitrogens with zero attached hydrogens (tertiary/aromatic N) is 4. The van der Waals surface area contributed by atoms with Gasteiger partial charge in [0.2, 0.25) is 0 Å². The zero-order valence-electron chi connectivity index (χ0n) is 18.8. The Labute approximate surface area is 208 Å². The number of hydrogen-bond acceptors (Lipinski definition) is 6. The maximum Gasteiger partial charge on any atom is 0.282 e. The summed E-state index contributed by atoms with van der Waals surface area (Å²) in [5.41, 5.74) is 0.567. The molecule has 0 atom stereocenters. The summed E-state index contributed by atoms with van der Waals surface area (Å²) < 4.78 is 21.7. The van der Waals surface area contributed by atoms with Gasteiger partial charge in [0.05, 0.1) is 22.0 Å². The van der Waals surface area contributed by atoms with Crippen molar-refractivity contribution in [3.8, 4) is 5.75 Å². The first-order chi connectivity index (χ1) is 16.7. The van der Waals surface area contributed by atoms with Gasteiger partial charge < -0.3 is 4.74 Å². The standard InChI is InChI=1S/C25H20BrFN4O4/c1-15(2)24-29-22-9-7-18(26)12-20(22)25(32)30(24)28-13-17-11-19(31(33)34)8-10-23(17)35-14-16-5-3-4-6-21(16)27/h3-13,15H,14H2,1-2H3. The Hall–Kier alpha value is -3.92. The Morgan fingerprint density at radius 1 is 1.20 bits per heavy atom. The van der Waals surface area contributed by atoms with Crippen molar-refractivity contribution in [3.63, 3.8) is 0 Å². The van der Waals surface area contributed by atoms with Crippen molar-refractivity contribution in [2.45, 2.75) is 26.4 Å². The fourth-order valence-corrected chi connectivity index (χ4v) is 3.78. The SMILES string of the molecule is CC(C)c1nc2ccc(Br)cc2c(=O)n1N=Cc1cc([N+](=O)[O-])ccc1OCc1ccccc1F. The van der Waals surface area contributed by atoms with Crippen molar-refractivity contribution >= 4 is 38.7 Å². The number of nitro benzene ring substituents is 1. The third-order valence-electron chi connectivity index (χ3n) is 5.21. The van der Waals surface area contributed by atoms with Crippen molar-refractivity contribution in [3.05, 3.63) is 108 Å².